The summed E-state index contributed by atoms with van der Waals surface area (Å²) in [5, 5.41) is 9.63. The van der Waals surface area contributed by atoms with Gasteiger partial charge in [-0.25, -0.2) is 0 Å². The Balaban J connectivity index is 1.81. The van der Waals surface area contributed by atoms with E-state index in [-0.39, 0.29) is 6.04 Å². The third kappa shape index (κ3) is 2.98. The molecule has 2 aliphatic rings. The van der Waals surface area contributed by atoms with Crippen molar-refractivity contribution in [2.75, 3.05) is 0 Å². The number of benzene rings is 1. The molecule has 1 atom stereocenters. The van der Waals surface area contributed by atoms with Crippen LogP contribution in [-0.2, 0) is 17.8 Å². The molecule has 1 aliphatic carbocycles. The molecule has 1 aliphatic heterocycles. The minimum absolute atomic E-state index is 0.355. The molecule has 3 heteroatoms. The van der Waals surface area contributed by atoms with Gasteiger partial charge in [0.1, 0.15) is 6.04 Å². The summed E-state index contributed by atoms with van der Waals surface area (Å²) in [5.74, 6) is -0.672. The standard InChI is InChI=1S/C18H25NO2/c1-18(2)9-7-15(8-10-18)19-12-14-6-4-3-5-13(14)11-16(19)17(20)21/h3-6,15-16H,7-12H2,1-2H3,(H,20,21). The van der Waals surface area contributed by atoms with Crippen LogP contribution in [0, 0.1) is 5.41 Å². The molecule has 1 saturated carbocycles. The maximum Gasteiger partial charge on any atom is 0.321 e. The van der Waals surface area contributed by atoms with Gasteiger partial charge < -0.3 is 5.11 Å². The number of carboxylic acids is 1. The first-order valence-corrected chi connectivity index (χ1v) is 8.02. The molecular weight excluding hydrogens is 262 g/mol. The summed E-state index contributed by atoms with van der Waals surface area (Å²) in [7, 11) is 0. The van der Waals surface area contributed by atoms with Gasteiger partial charge >= 0.3 is 5.97 Å². The Kier molecular flexibility index (Phi) is 3.78. The van der Waals surface area contributed by atoms with E-state index in [0.29, 0.717) is 17.9 Å². The third-order valence-corrected chi connectivity index (χ3v) is 5.35. The van der Waals surface area contributed by atoms with Crippen molar-refractivity contribution in [2.24, 2.45) is 5.41 Å². The molecule has 21 heavy (non-hydrogen) atoms. The molecule has 0 aromatic heterocycles. The lowest BCUT2D eigenvalue weighted by molar-refractivity contribution is -0.145. The van der Waals surface area contributed by atoms with E-state index in [4.69, 9.17) is 0 Å². The summed E-state index contributed by atoms with van der Waals surface area (Å²) >= 11 is 0. The first-order valence-electron chi connectivity index (χ1n) is 8.02. The van der Waals surface area contributed by atoms with Gasteiger partial charge in [-0.05, 0) is 48.6 Å². The topological polar surface area (TPSA) is 40.5 Å². The zero-order valence-electron chi connectivity index (χ0n) is 13.0. The number of nitrogens with zero attached hydrogens (tertiary/aromatic N) is 1. The van der Waals surface area contributed by atoms with Gasteiger partial charge in [-0.1, -0.05) is 38.1 Å². The van der Waals surface area contributed by atoms with Gasteiger partial charge in [0.25, 0.3) is 0 Å². The van der Waals surface area contributed by atoms with Crippen molar-refractivity contribution in [3.8, 4) is 0 Å². The van der Waals surface area contributed by atoms with E-state index in [1.165, 1.54) is 24.0 Å². The lowest BCUT2D eigenvalue weighted by Gasteiger charge is -2.44. The van der Waals surface area contributed by atoms with Gasteiger partial charge in [0.05, 0.1) is 0 Å². The molecule has 1 aromatic rings. The summed E-state index contributed by atoms with van der Waals surface area (Å²) in [4.78, 5) is 14.0. The first kappa shape index (κ1) is 14.6. The van der Waals surface area contributed by atoms with Crippen molar-refractivity contribution < 1.29 is 9.90 Å². The van der Waals surface area contributed by atoms with Gasteiger partial charge in [-0.3, -0.25) is 9.69 Å². The molecule has 0 radical (unpaired) electrons. The number of fused-ring (bicyclic) bond motifs is 1. The van der Waals surface area contributed by atoms with Crippen molar-refractivity contribution in [2.45, 2.75) is 64.6 Å². The summed E-state index contributed by atoms with van der Waals surface area (Å²) in [5.41, 5.74) is 2.93. The Hall–Kier alpha value is -1.35. The van der Waals surface area contributed by atoms with E-state index < -0.39 is 5.97 Å². The Bertz CT molecular complexity index is 528. The molecular formula is C18H25NO2. The quantitative estimate of drug-likeness (QED) is 0.905. The van der Waals surface area contributed by atoms with E-state index in [1.54, 1.807) is 0 Å². The molecule has 3 rings (SSSR count). The van der Waals surface area contributed by atoms with Crippen molar-refractivity contribution in [3.05, 3.63) is 35.4 Å². The molecule has 114 valence electrons. The highest BCUT2D eigenvalue weighted by Crippen LogP contribution is 2.39. The Morgan fingerprint density at radius 2 is 1.81 bits per heavy atom. The Morgan fingerprint density at radius 1 is 1.19 bits per heavy atom. The van der Waals surface area contributed by atoms with Gasteiger partial charge in [0.2, 0.25) is 0 Å². The number of carbonyl (C=O) groups is 1. The summed E-state index contributed by atoms with van der Waals surface area (Å²) in [6.07, 6.45) is 5.29. The third-order valence-electron chi connectivity index (χ3n) is 5.35. The Morgan fingerprint density at radius 3 is 2.43 bits per heavy atom. The highest BCUT2D eigenvalue weighted by atomic mass is 16.4. The number of hydrogen-bond acceptors (Lipinski definition) is 2. The molecule has 1 N–H and O–H groups in total. The SMILES string of the molecule is CC1(C)CCC(N2Cc3ccccc3CC2C(=O)O)CC1. The second kappa shape index (κ2) is 5.45. The number of aliphatic carboxylic acids is 1. The van der Waals surface area contributed by atoms with Crippen molar-refractivity contribution in [3.63, 3.8) is 0 Å². The van der Waals surface area contributed by atoms with Gasteiger partial charge in [-0.15, -0.1) is 0 Å². The van der Waals surface area contributed by atoms with Crippen LogP contribution in [0.5, 0.6) is 0 Å². The van der Waals surface area contributed by atoms with Crippen LogP contribution >= 0.6 is 0 Å². The van der Waals surface area contributed by atoms with Gasteiger partial charge in [-0.2, -0.15) is 0 Å². The fourth-order valence-corrected chi connectivity index (χ4v) is 3.87. The summed E-state index contributed by atoms with van der Waals surface area (Å²) in [6, 6.07) is 8.36. The minimum Gasteiger partial charge on any atom is -0.480 e. The van der Waals surface area contributed by atoms with Crippen LogP contribution in [0.25, 0.3) is 0 Å². The fraction of sp³-hybridized carbons (Fsp3) is 0.611. The number of hydrogen-bond donors (Lipinski definition) is 1. The zero-order chi connectivity index (χ0) is 15.0. The summed E-state index contributed by atoms with van der Waals surface area (Å²) in [6.45, 7) is 5.44. The van der Waals surface area contributed by atoms with Crippen LogP contribution in [0.15, 0.2) is 24.3 Å². The largest absolute Gasteiger partial charge is 0.480 e. The molecule has 3 nitrogen and oxygen atoms in total. The van der Waals surface area contributed by atoms with Crippen LogP contribution < -0.4 is 0 Å². The van der Waals surface area contributed by atoms with Crippen molar-refractivity contribution >= 4 is 5.97 Å². The maximum atomic E-state index is 11.7. The van der Waals surface area contributed by atoms with Crippen molar-refractivity contribution in [1.29, 1.82) is 0 Å². The number of rotatable bonds is 2. The molecule has 0 amide bonds. The van der Waals surface area contributed by atoms with Gasteiger partial charge in [0.15, 0.2) is 0 Å². The summed E-state index contributed by atoms with van der Waals surface area (Å²) < 4.78 is 0. The molecule has 0 saturated heterocycles. The average Bonchev–Trinajstić information content (AvgIpc) is 2.46. The smallest absolute Gasteiger partial charge is 0.321 e. The van der Waals surface area contributed by atoms with E-state index in [1.807, 2.05) is 6.07 Å². The number of carboxylic acid groups (broad SMARTS) is 1. The highest BCUT2D eigenvalue weighted by Gasteiger charge is 2.38. The predicted octanol–water partition coefficient (Wildman–Crippen LogP) is 3.47. The molecule has 1 fully saturated rings. The highest BCUT2D eigenvalue weighted by molar-refractivity contribution is 5.74. The van der Waals surface area contributed by atoms with Crippen molar-refractivity contribution in [1.82, 2.24) is 4.90 Å². The maximum absolute atomic E-state index is 11.7. The second-order valence-corrected chi connectivity index (χ2v) is 7.39. The molecule has 0 bridgehead atoms. The van der Waals surface area contributed by atoms with Crippen LogP contribution in [-0.4, -0.2) is 28.1 Å². The molecule has 1 aromatic carbocycles. The predicted molar refractivity (Wildman–Crippen MR) is 83.1 cm³/mol. The fourth-order valence-electron chi connectivity index (χ4n) is 3.87. The van der Waals surface area contributed by atoms with Crippen LogP contribution in [0.3, 0.4) is 0 Å². The second-order valence-electron chi connectivity index (χ2n) is 7.39. The van der Waals surface area contributed by atoms with E-state index in [9.17, 15) is 9.90 Å². The van der Waals surface area contributed by atoms with Crippen LogP contribution in [0.4, 0.5) is 0 Å². The Labute approximate surface area is 127 Å². The van der Waals surface area contributed by atoms with E-state index in [2.05, 4.69) is 36.9 Å². The van der Waals surface area contributed by atoms with Crippen LogP contribution in [0.1, 0.15) is 50.7 Å². The van der Waals surface area contributed by atoms with E-state index >= 15 is 0 Å². The van der Waals surface area contributed by atoms with E-state index in [0.717, 1.165) is 19.4 Å². The molecule has 1 unspecified atom stereocenters. The average molecular weight is 287 g/mol. The lowest BCUT2D eigenvalue weighted by Crippen LogP contribution is -2.51. The molecule has 1 heterocycles. The van der Waals surface area contributed by atoms with Gasteiger partial charge in [0, 0.05) is 12.6 Å². The lowest BCUT2D eigenvalue weighted by atomic mass is 9.74. The monoisotopic (exact) mass is 287 g/mol. The normalized spacial score (nSPS) is 26.3. The minimum atomic E-state index is -0.672. The first-order chi connectivity index (χ1) is 9.96. The zero-order valence-corrected chi connectivity index (χ0v) is 13.0. The van der Waals surface area contributed by atoms with Crippen LogP contribution in [0.2, 0.25) is 0 Å². The molecule has 0 spiro atoms.